The summed E-state index contributed by atoms with van der Waals surface area (Å²) in [6.45, 7) is 7.33. The van der Waals surface area contributed by atoms with E-state index in [4.69, 9.17) is 0 Å². The molecule has 18 heavy (non-hydrogen) atoms. The summed E-state index contributed by atoms with van der Waals surface area (Å²) >= 11 is 0. The maximum Gasteiger partial charge on any atom is 0.227 e. The fraction of sp³-hybridized carbons (Fsp3) is 0.714. The predicted molar refractivity (Wildman–Crippen MR) is 76.3 cm³/mol. The summed E-state index contributed by atoms with van der Waals surface area (Å²) in [6, 6.07) is 2.06. The molecule has 1 saturated heterocycles. The first-order valence-corrected chi connectivity index (χ1v) is 7.20. The van der Waals surface area contributed by atoms with Gasteiger partial charge in [-0.3, -0.25) is 0 Å². The summed E-state index contributed by atoms with van der Waals surface area (Å²) in [4.78, 5) is 11.7. The first-order valence-electron chi connectivity index (χ1n) is 7.20. The molecule has 2 rings (SSSR count). The second-order valence-corrected chi connectivity index (χ2v) is 4.83. The average Bonchev–Trinajstić information content (AvgIpc) is 2.67. The first-order chi connectivity index (χ1) is 8.83. The maximum absolute atomic E-state index is 4.67. The Morgan fingerprint density at radius 2 is 1.83 bits per heavy atom. The van der Waals surface area contributed by atoms with E-state index >= 15 is 0 Å². The van der Waals surface area contributed by atoms with Crippen molar-refractivity contribution in [3.63, 3.8) is 0 Å². The van der Waals surface area contributed by atoms with E-state index in [0.29, 0.717) is 0 Å². The van der Waals surface area contributed by atoms with Gasteiger partial charge in [-0.25, -0.2) is 4.98 Å². The van der Waals surface area contributed by atoms with E-state index in [-0.39, 0.29) is 0 Å². The molecule has 0 saturated carbocycles. The average molecular weight is 248 g/mol. The second kappa shape index (κ2) is 6.57. The molecule has 0 radical (unpaired) electrons. The van der Waals surface area contributed by atoms with E-state index < -0.39 is 0 Å². The van der Waals surface area contributed by atoms with Crippen molar-refractivity contribution in [2.24, 2.45) is 0 Å². The third-order valence-corrected chi connectivity index (χ3v) is 3.38. The minimum absolute atomic E-state index is 0.902. The molecule has 2 heterocycles. The summed E-state index contributed by atoms with van der Waals surface area (Å²) in [7, 11) is 0. The summed E-state index contributed by atoms with van der Waals surface area (Å²) in [6.07, 6.45) is 6.16. The van der Waals surface area contributed by atoms with E-state index in [1.807, 2.05) is 0 Å². The minimum Gasteiger partial charge on any atom is -0.370 e. The Bertz CT molecular complexity index is 370. The summed E-state index contributed by atoms with van der Waals surface area (Å²) < 4.78 is 0. The van der Waals surface area contributed by atoms with Crippen LogP contribution in [0.3, 0.4) is 0 Å². The predicted octanol–water partition coefficient (Wildman–Crippen LogP) is 2.85. The van der Waals surface area contributed by atoms with Gasteiger partial charge in [-0.2, -0.15) is 4.98 Å². The Labute approximate surface area is 110 Å². The van der Waals surface area contributed by atoms with Crippen LogP contribution in [-0.2, 0) is 6.42 Å². The zero-order chi connectivity index (χ0) is 12.8. The third kappa shape index (κ3) is 3.34. The highest BCUT2D eigenvalue weighted by Crippen LogP contribution is 2.18. The second-order valence-electron chi connectivity index (χ2n) is 4.83. The monoisotopic (exact) mass is 248 g/mol. The Kier molecular flexibility index (Phi) is 4.79. The molecule has 0 unspecified atom stereocenters. The lowest BCUT2D eigenvalue weighted by Gasteiger charge is -2.21. The zero-order valence-electron chi connectivity index (χ0n) is 11.6. The van der Waals surface area contributed by atoms with E-state index in [1.54, 1.807) is 0 Å². The van der Waals surface area contributed by atoms with Gasteiger partial charge < -0.3 is 10.2 Å². The summed E-state index contributed by atoms with van der Waals surface area (Å²) in [5.41, 5.74) is 1.13. The summed E-state index contributed by atoms with van der Waals surface area (Å²) in [5.74, 6) is 1.87. The van der Waals surface area contributed by atoms with Crippen molar-refractivity contribution in [2.75, 3.05) is 29.9 Å². The Morgan fingerprint density at radius 3 is 2.44 bits per heavy atom. The van der Waals surface area contributed by atoms with Gasteiger partial charge in [0.1, 0.15) is 5.82 Å². The fourth-order valence-corrected chi connectivity index (χ4v) is 2.35. The minimum atomic E-state index is 0.902. The normalized spacial score (nSPS) is 16.4. The number of anilines is 2. The molecule has 1 aromatic rings. The van der Waals surface area contributed by atoms with Crippen LogP contribution in [0.5, 0.6) is 0 Å². The van der Waals surface area contributed by atoms with Crippen molar-refractivity contribution < 1.29 is 0 Å². The van der Waals surface area contributed by atoms with Gasteiger partial charge >= 0.3 is 0 Å². The first kappa shape index (κ1) is 13.1. The summed E-state index contributed by atoms with van der Waals surface area (Å²) in [5, 5.41) is 3.30. The van der Waals surface area contributed by atoms with Gasteiger partial charge in [0.05, 0.1) is 0 Å². The van der Waals surface area contributed by atoms with Crippen LogP contribution in [-0.4, -0.2) is 29.6 Å². The van der Waals surface area contributed by atoms with Gasteiger partial charge in [0, 0.05) is 31.4 Å². The van der Waals surface area contributed by atoms with Crippen LogP contribution in [0.4, 0.5) is 11.8 Å². The van der Waals surface area contributed by atoms with Crippen molar-refractivity contribution in [1.29, 1.82) is 0 Å². The largest absolute Gasteiger partial charge is 0.370 e. The van der Waals surface area contributed by atoms with Gasteiger partial charge in [0.15, 0.2) is 0 Å². The van der Waals surface area contributed by atoms with Crippen LogP contribution in [0.15, 0.2) is 6.07 Å². The molecule has 0 atom stereocenters. The molecule has 1 N–H and O–H groups in total. The molecule has 0 aromatic carbocycles. The molecule has 0 spiro atoms. The lowest BCUT2D eigenvalue weighted by atomic mass is 10.2. The standard InChI is InChI=1S/C14H24N4/c1-3-12-11-13(15-4-2)17-14(16-12)18-9-7-5-6-8-10-18/h11H,3-10H2,1-2H3,(H,15,16,17). The smallest absolute Gasteiger partial charge is 0.227 e. The quantitative estimate of drug-likeness (QED) is 0.889. The Hall–Kier alpha value is -1.32. The van der Waals surface area contributed by atoms with Crippen LogP contribution in [0.25, 0.3) is 0 Å². The molecular formula is C14H24N4. The van der Waals surface area contributed by atoms with Crippen molar-refractivity contribution in [1.82, 2.24) is 9.97 Å². The molecule has 1 aliphatic rings. The molecular weight excluding hydrogens is 224 g/mol. The third-order valence-electron chi connectivity index (χ3n) is 3.38. The van der Waals surface area contributed by atoms with Crippen LogP contribution in [0.2, 0.25) is 0 Å². The molecule has 0 bridgehead atoms. The van der Waals surface area contributed by atoms with Gasteiger partial charge in [-0.15, -0.1) is 0 Å². The number of aryl methyl sites for hydroxylation is 1. The number of hydrogen-bond acceptors (Lipinski definition) is 4. The van der Waals surface area contributed by atoms with Crippen molar-refractivity contribution in [3.8, 4) is 0 Å². The number of nitrogens with one attached hydrogen (secondary N) is 1. The fourth-order valence-electron chi connectivity index (χ4n) is 2.35. The van der Waals surface area contributed by atoms with Crippen molar-refractivity contribution in [3.05, 3.63) is 11.8 Å². The molecule has 1 fully saturated rings. The lowest BCUT2D eigenvalue weighted by Crippen LogP contribution is -2.26. The van der Waals surface area contributed by atoms with Gasteiger partial charge in [0.25, 0.3) is 0 Å². The Balaban J connectivity index is 2.21. The Morgan fingerprint density at radius 1 is 1.11 bits per heavy atom. The topological polar surface area (TPSA) is 41.1 Å². The van der Waals surface area contributed by atoms with Gasteiger partial charge in [-0.05, 0) is 26.2 Å². The highest BCUT2D eigenvalue weighted by molar-refractivity contribution is 5.43. The molecule has 100 valence electrons. The van der Waals surface area contributed by atoms with Gasteiger partial charge in [0.2, 0.25) is 5.95 Å². The maximum atomic E-state index is 4.67. The van der Waals surface area contributed by atoms with E-state index in [0.717, 1.165) is 43.5 Å². The van der Waals surface area contributed by atoms with Crippen molar-refractivity contribution in [2.45, 2.75) is 46.0 Å². The van der Waals surface area contributed by atoms with Gasteiger partial charge in [-0.1, -0.05) is 19.8 Å². The molecule has 1 aromatic heterocycles. The highest BCUT2D eigenvalue weighted by Gasteiger charge is 2.13. The molecule has 0 aliphatic carbocycles. The molecule has 4 nitrogen and oxygen atoms in total. The molecule has 1 aliphatic heterocycles. The number of aromatic nitrogens is 2. The van der Waals surface area contributed by atoms with E-state index in [1.165, 1.54) is 25.7 Å². The zero-order valence-corrected chi connectivity index (χ0v) is 11.6. The number of hydrogen-bond donors (Lipinski definition) is 1. The van der Waals surface area contributed by atoms with Crippen LogP contribution >= 0.6 is 0 Å². The van der Waals surface area contributed by atoms with E-state index in [9.17, 15) is 0 Å². The van der Waals surface area contributed by atoms with Crippen molar-refractivity contribution >= 4 is 11.8 Å². The van der Waals surface area contributed by atoms with Crippen LogP contribution < -0.4 is 10.2 Å². The number of rotatable bonds is 4. The van der Waals surface area contributed by atoms with Crippen LogP contribution in [0.1, 0.15) is 45.2 Å². The number of nitrogens with zero attached hydrogens (tertiary/aromatic N) is 3. The molecule has 0 amide bonds. The lowest BCUT2D eigenvalue weighted by molar-refractivity contribution is 0.726. The SMILES string of the molecule is CCNc1cc(CC)nc(N2CCCCCC2)n1. The molecule has 4 heteroatoms. The van der Waals surface area contributed by atoms with E-state index in [2.05, 4.69) is 40.1 Å². The highest BCUT2D eigenvalue weighted by atomic mass is 15.3. The van der Waals surface area contributed by atoms with Crippen LogP contribution in [0, 0.1) is 0 Å².